The van der Waals surface area contributed by atoms with Gasteiger partial charge in [-0.15, -0.1) is 4.37 Å². The van der Waals surface area contributed by atoms with Gasteiger partial charge in [-0.1, -0.05) is 42.7 Å². The Labute approximate surface area is 130 Å². The standard InChI is InChI=1S/C16H21N3OS/c1-13-6-8-14(9-7-13)12-20-16-15(17-21-18-16)19-10-4-2-3-5-11-19/h6-9H,2-5,10-12H2,1H3. The van der Waals surface area contributed by atoms with E-state index in [1.807, 2.05) is 0 Å². The number of hydrogen-bond acceptors (Lipinski definition) is 5. The van der Waals surface area contributed by atoms with Gasteiger partial charge in [0.2, 0.25) is 5.82 Å². The Kier molecular flexibility index (Phi) is 4.70. The van der Waals surface area contributed by atoms with Crippen LogP contribution in [-0.2, 0) is 6.61 Å². The van der Waals surface area contributed by atoms with Crippen molar-refractivity contribution in [3.8, 4) is 5.88 Å². The summed E-state index contributed by atoms with van der Waals surface area (Å²) in [4.78, 5) is 2.32. The van der Waals surface area contributed by atoms with Crippen molar-refractivity contribution >= 4 is 17.5 Å². The largest absolute Gasteiger partial charge is 0.470 e. The molecule has 2 aromatic rings. The van der Waals surface area contributed by atoms with Crippen LogP contribution < -0.4 is 9.64 Å². The van der Waals surface area contributed by atoms with Crippen molar-refractivity contribution in [3.05, 3.63) is 35.4 Å². The van der Waals surface area contributed by atoms with E-state index in [4.69, 9.17) is 4.74 Å². The summed E-state index contributed by atoms with van der Waals surface area (Å²) in [6.07, 6.45) is 5.09. The minimum atomic E-state index is 0.548. The molecule has 1 aromatic carbocycles. The summed E-state index contributed by atoms with van der Waals surface area (Å²) >= 11 is 1.24. The Morgan fingerprint density at radius 2 is 1.76 bits per heavy atom. The van der Waals surface area contributed by atoms with E-state index in [0.717, 1.165) is 24.5 Å². The van der Waals surface area contributed by atoms with E-state index in [0.29, 0.717) is 12.5 Å². The maximum atomic E-state index is 5.89. The van der Waals surface area contributed by atoms with Crippen LogP contribution >= 0.6 is 11.7 Å². The topological polar surface area (TPSA) is 38.3 Å². The fourth-order valence-electron chi connectivity index (χ4n) is 2.58. The molecule has 0 saturated carbocycles. The molecule has 0 bridgehead atoms. The molecule has 3 rings (SSSR count). The van der Waals surface area contributed by atoms with Crippen LogP contribution in [-0.4, -0.2) is 21.8 Å². The molecule has 2 heterocycles. The molecular weight excluding hydrogens is 282 g/mol. The third-order valence-corrected chi connectivity index (χ3v) is 4.35. The van der Waals surface area contributed by atoms with Gasteiger partial charge in [-0.3, -0.25) is 0 Å². The van der Waals surface area contributed by atoms with Crippen LogP contribution in [0.2, 0.25) is 0 Å². The quantitative estimate of drug-likeness (QED) is 0.861. The average Bonchev–Trinajstić information content (AvgIpc) is 2.80. The molecule has 1 saturated heterocycles. The molecule has 112 valence electrons. The summed E-state index contributed by atoms with van der Waals surface area (Å²) in [7, 11) is 0. The molecule has 0 amide bonds. The first-order valence-electron chi connectivity index (χ1n) is 7.59. The zero-order valence-corrected chi connectivity index (χ0v) is 13.2. The van der Waals surface area contributed by atoms with Crippen LogP contribution in [0, 0.1) is 6.92 Å². The molecule has 0 atom stereocenters. The lowest BCUT2D eigenvalue weighted by atomic mass is 10.2. The van der Waals surface area contributed by atoms with E-state index in [1.165, 1.54) is 43.0 Å². The van der Waals surface area contributed by atoms with Crippen LogP contribution in [0.25, 0.3) is 0 Å². The molecule has 0 unspecified atom stereocenters. The van der Waals surface area contributed by atoms with Crippen molar-refractivity contribution < 1.29 is 4.74 Å². The van der Waals surface area contributed by atoms with Crippen molar-refractivity contribution in [2.75, 3.05) is 18.0 Å². The number of hydrogen-bond donors (Lipinski definition) is 0. The van der Waals surface area contributed by atoms with Gasteiger partial charge < -0.3 is 9.64 Å². The predicted octanol–water partition coefficient (Wildman–Crippen LogP) is 3.81. The minimum absolute atomic E-state index is 0.548. The lowest BCUT2D eigenvalue weighted by molar-refractivity contribution is 0.297. The van der Waals surface area contributed by atoms with Crippen molar-refractivity contribution in [1.29, 1.82) is 0 Å². The summed E-state index contributed by atoms with van der Waals surface area (Å²) in [6.45, 7) is 4.76. The number of rotatable bonds is 4. The van der Waals surface area contributed by atoms with E-state index in [1.54, 1.807) is 0 Å². The van der Waals surface area contributed by atoms with E-state index >= 15 is 0 Å². The Morgan fingerprint density at radius 1 is 1.05 bits per heavy atom. The maximum Gasteiger partial charge on any atom is 0.271 e. The first-order valence-corrected chi connectivity index (χ1v) is 8.32. The summed E-state index contributed by atoms with van der Waals surface area (Å²) in [5, 5.41) is 0. The fraction of sp³-hybridized carbons (Fsp3) is 0.500. The summed E-state index contributed by atoms with van der Waals surface area (Å²) < 4.78 is 14.7. The molecule has 0 N–H and O–H groups in total. The van der Waals surface area contributed by atoms with Gasteiger partial charge in [0.05, 0.1) is 11.7 Å². The molecule has 0 aliphatic carbocycles. The SMILES string of the molecule is Cc1ccc(COc2nsnc2N2CCCCCC2)cc1. The van der Waals surface area contributed by atoms with Gasteiger partial charge in [-0.05, 0) is 25.3 Å². The van der Waals surface area contributed by atoms with Crippen LogP contribution in [0.3, 0.4) is 0 Å². The van der Waals surface area contributed by atoms with Crippen LogP contribution in [0.15, 0.2) is 24.3 Å². The van der Waals surface area contributed by atoms with Crippen molar-refractivity contribution in [1.82, 2.24) is 8.75 Å². The maximum absolute atomic E-state index is 5.89. The molecular formula is C16H21N3OS. The second-order valence-corrected chi connectivity index (χ2v) is 6.10. The molecule has 4 nitrogen and oxygen atoms in total. The molecule has 1 aliphatic heterocycles. The Hall–Kier alpha value is -1.62. The monoisotopic (exact) mass is 303 g/mol. The molecule has 1 aliphatic rings. The normalized spacial score (nSPS) is 15.8. The number of ether oxygens (including phenoxy) is 1. The van der Waals surface area contributed by atoms with Gasteiger partial charge in [-0.25, -0.2) is 0 Å². The zero-order valence-electron chi connectivity index (χ0n) is 12.4. The third kappa shape index (κ3) is 3.73. The molecule has 0 spiro atoms. The average molecular weight is 303 g/mol. The molecule has 0 radical (unpaired) electrons. The number of aryl methyl sites for hydroxylation is 1. The van der Waals surface area contributed by atoms with Crippen molar-refractivity contribution in [2.45, 2.75) is 39.2 Å². The fourth-order valence-corrected chi connectivity index (χ4v) is 3.10. The Balaban J connectivity index is 1.65. The number of nitrogens with zero attached hydrogens (tertiary/aromatic N) is 3. The van der Waals surface area contributed by atoms with Gasteiger partial charge in [-0.2, -0.15) is 4.37 Å². The van der Waals surface area contributed by atoms with E-state index in [2.05, 4.69) is 44.8 Å². The Morgan fingerprint density at radius 3 is 2.48 bits per heavy atom. The van der Waals surface area contributed by atoms with Crippen molar-refractivity contribution in [3.63, 3.8) is 0 Å². The summed E-state index contributed by atoms with van der Waals surface area (Å²) in [5.41, 5.74) is 2.43. The highest BCUT2D eigenvalue weighted by Crippen LogP contribution is 2.28. The lowest BCUT2D eigenvalue weighted by Crippen LogP contribution is -2.24. The predicted molar refractivity (Wildman–Crippen MR) is 86.1 cm³/mol. The smallest absolute Gasteiger partial charge is 0.271 e. The minimum Gasteiger partial charge on any atom is -0.470 e. The van der Waals surface area contributed by atoms with Gasteiger partial charge >= 0.3 is 0 Å². The van der Waals surface area contributed by atoms with Gasteiger partial charge in [0, 0.05) is 13.1 Å². The highest BCUT2D eigenvalue weighted by molar-refractivity contribution is 6.99. The number of benzene rings is 1. The van der Waals surface area contributed by atoms with Gasteiger partial charge in [0.25, 0.3) is 5.88 Å². The van der Waals surface area contributed by atoms with Gasteiger partial charge in [0.1, 0.15) is 6.61 Å². The second-order valence-electron chi connectivity index (χ2n) is 5.57. The molecule has 1 aromatic heterocycles. The van der Waals surface area contributed by atoms with Crippen LogP contribution in [0.4, 0.5) is 5.82 Å². The molecule has 5 heteroatoms. The summed E-state index contributed by atoms with van der Waals surface area (Å²) in [5.74, 6) is 1.61. The second kappa shape index (κ2) is 6.89. The lowest BCUT2D eigenvalue weighted by Gasteiger charge is -2.20. The zero-order chi connectivity index (χ0) is 14.5. The summed E-state index contributed by atoms with van der Waals surface area (Å²) in [6, 6.07) is 8.41. The highest BCUT2D eigenvalue weighted by atomic mass is 32.1. The van der Waals surface area contributed by atoms with E-state index in [-0.39, 0.29) is 0 Å². The first kappa shape index (κ1) is 14.3. The van der Waals surface area contributed by atoms with Crippen LogP contribution in [0.1, 0.15) is 36.8 Å². The van der Waals surface area contributed by atoms with E-state index in [9.17, 15) is 0 Å². The van der Waals surface area contributed by atoms with Crippen LogP contribution in [0.5, 0.6) is 5.88 Å². The first-order chi connectivity index (χ1) is 10.3. The number of aromatic nitrogens is 2. The third-order valence-electron chi connectivity index (χ3n) is 3.84. The highest BCUT2D eigenvalue weighted by Gasteiger charge is 2.18. The Bertz CT molecular complexity index is 559. The molecule has 1 fully saturated rings. The molecule has 21 heavy (non-hydrogen) atoms. The van der Waals surface area contributed by atoms with Crippen molar-refractivity contribution in [2.24, 2.45) is 0 Å². The number of anilines is 1. The van der Waals surface area contributed by atoms with Gasteiger partial charge in [0.15, 0.2) is 0 Å². The van der Waals surface area contributed by atoms with E-state index < -0.39 is 0 Å².